The number of halogens is 1. The van der Waals surface area contributed by atoms with Gasteiger partial charge in [0.1, 0.15) is 0 Å². The lowest BCUT2D eigenvalue weighted by atomic mass is 9.95. The van der Waals surface area contributed by atoms with Crippen LogP contribution in [-0.2, 0) is 10.3 Å². The van der Waals surface area contributed by atoms with E-state index in [1.807, 2.05) is 0 Å². The Morgan fingerprint density at radius 1 is 1.50 bits per heavy atom. The molecule has 7 nitrogen and oxygen atoms in total. The van der Waals surface area contributed by atoms with Crippen LogP contribution in [-0.4, -0.2) is 28.3 Å². The lowest BCUT2D eigenvalue weighted by Gasteiger charge is -2.25. The zero-order valence-electron chi connectivity index (χ0n) is 9.55. The van der Waals surface area contributed by atoms with E-state index in [2.05, 4.69) is 15.7 Å². The summed E-state index contributed by atoms with van der Waals surface area (Å²) >= 11 is 0. The van der Waals surface area contributed by atoms with Gasteiger partial charge in [0.25, 0.3) is 5.91 Å². The van der Waals surface area contributed by atoms with Gasteiger partial charge in [-0.2, -0.15) is 5.10 Å². The lowest BCUT2D eigenvalue weighted by molar-refractivity contribution is -0.124. The molecule has 98 valence electrons. The van der Waals surface area contributed by atoms with Crippen molar-refractivity contribution in [2.75, 3.05) is 6.54 Å². The Kier molecular flexibility index (Phi) is 3.04. The summed E-state index contributed by atoms with van der Waals surface area (Å²) in [5.41, 5.74) is 5.17. The maximum Gasteiger partial charge on any atom is 0.322 e. The molecule has 4 N–H and O–H groups in total. The third-order valence-electron chi connectivity index (χ3n) is 3.25. The summed E-state index contributed by atoms with van der Waals surface area (Å²) in [6, 6.07) is 1.55. The molecule has 1 aliphatic carbocycles. The van der Waals surface area contributed by atoms with Crippen LogP contribution in [0.15, 0.2) is 12.3 Å². The number of nitrogens with two attached hydrogens (primary N) is 1. The molecule has 1 saturated carbocycles. The minimum Gasteiger partial charge on any atom is -0.327 e. The molecule has 2 heterocycles. The van der Waals surface area contributed by atoms with Crippen molar-refractivity contribution < 1.29 is 9.59 Å². The molecule has 1 aromatic heterocycles. The summed E-state index contributed by atoms with van der Waals surface area (Å²) < 4.78 is 1.79. The summed E-state index contributed by atoms with van der Waals surface area (Å²) in [5.74, 6) is -0.410. The second kappa shape index (κ2) is 4.25. The summed E-state index contributed by atoms with van der Waals surface area (Å²) in [4.78, 5) is 23.2. The second-order valence-electron chi connectivity index (χ2n) is 4.41. The minimum absolute atomic E-state index is 0. The number of nitrogens with one attached hydrogen (secondary N) is 2. The van der Waals surface area contributed by atoms with E-state index < -0.39 is 17.5 Å². The predicted molar refractivity (Wildman–Crippen MR) is 65.2 cm³/mol. The van der Waals surface area contributed by atoms with Crippen LogP contribution in [0.25, 0.3) is 0 Å². The number of urea groups is 1. The van der Waals surface area contributed by atoms with Crippen molar-refractivity contribution in [2.45, 2.75) is 24.4 Å². The molecule has 8 heteroatoms. The van der Waals surface area contributed by atoms with E-state index in [4.69, 9.17) is 5.73 Å². The van der Waals surface area contributed by atoms with Gasteiger partial charge in [-0.25, -0.2) is 4.79 Å². The Labute approximate surface area is 109 Å². The molecule has 1 aliphatic heterocycles. The van der Waals surface area contributed by atoms with Crippen LogP contribution in [0.3, 0.4) is 0 Å². The fourth-order valence-electron chi connectivity index (χ4n) is 2.18. The third-order valence-corrected chi connectivity index (χ3v) is 3.25. The van der Waals surface area contributed by atoms with Gasteiger partial charge < -0.3 is 11.1 Å². The number of nitrogens with zero attached hydrogens (tertiary/aromatic N) is 2. The van der Waals surface area contributed by atoms with Crippen molar-refractivity contribution in [3.05, 3.63) is 18.0 Å². The van der Waals surface area contributed by atoms with E-state index in [1.165, 1.54) is 0 Å². The first-order chi connectivity index (χ1) is 8.17. The van der Waals surface area contributed by atoms with Crippen molar-refractivity contribution >= 4 is 24.3 Å². The van der Waals surface area contributed by atoms with Crippen molar-refractivity contribution in [1.29, 1.82) is 0 Å². The highest BCUT2D eigenvalue weighted by Gasteiger charge is 2.49. The van der Waals surface area contributed by atoms with E-state index in [9.17, 15) is 9.59 Å². The number of aromatic nitrogens is 2. The molecule has 1 unspecified atom stereocenters. The fourth-order valence-corrected chi connectivity index (χ4v) is 2.18. The zero-order valence-corrected chi connectivity index (χ0v) is 10.4. The van der Waals surface area contributed by atoms with Gasteiger partial charge in [0.2, 0.25) is 0 Å². The molecule has 2 aliphatic rings. The summed E-state index contributed by atoms with van der Waals surface area (Å²) in [6.07, 6.45) is 3.72. The van der Waals surface area contributed by atoms with Crippen LogP contribution in [0.4, 0.5) is 4.79 Å². The topological polar surface area (TPSA) is 102 Å². The fraction of sp³-hybridized carbons (Fsp3) is 0.500. The van der Waals surface area contributed by atoms with Crippen LogP contribution < -0.4 is 16.4 Å². The molecule has 3 rings (SSSR count). The molecular weight excluding hydrogens is 258 g/mol. The lowest BCUT2D eigenvalue weighted by Crippen LogP contribution is -2.51. The Morgan fingerprint density at radius 2 is 2.22 bits per heavy atom. The molecule has 0 spiro atoms. The Balaban J connectivity index is 0.00000120. The quantitative estimate of drug-likeness (QED) is 0.653. The molecule has 2 fully saturated rings. The average Bonchev–Trinajstić information content (AvgIpc) is 2.95. The Hall–Kier alpha value is -1.60. The molecule has 0 radical (unpaired) electrons. The van der Waals surface area contributed by atoms with Gasteiger partial charge in [-0.15, -0.1) is 12.4 Å². The molecule has 1 atom stereocenters. The van der Waals surface area contributed by atoms with Gasteiger partial charge in [-0.05, 0) is 18.9 Å². The normalized spacial score (nSPS) is 26.5. The standard InChI is InChI=1S/C10H13N5O2.ClH/c11-5-10(8(16)13-9(17)14-10)7-3-4-12-15(7)6-1-2-6;/h3-4,6H,1-2,5,11H2,(H2,13,14,16,17);1H. The molecule has 1 saturated heterocycles. The monoisotopic (exact) mass is 271 g/mol. The number of imide groups is 1. The van der Waals surface area contributed by atoms with Gasteiger partial charge >= 0.3 is 6.03 Å². The minimum atomic E-state index is -1.17. The molecule has 1 aromatic rings. The average molecular weight is 272 g/mol. The SMILES string of the molecule is Cl.NCC1(c2ccnn2C2CC2)NC(=O)NC1=O. The summed E-state index contributed by atoms with van der Waals surface area (Å²) in [7, 11) is 0. The summed E-state index contributed by atoms with van der Waals surface area (Å²) in [6.45, 7) is 0.0169. The Bertz CT molecular complexity index is 498. The third kappa shape index (κ3) is 1.67. The van der Waals surface area contributed by atoms with E-state index >= 15 is 0 Å². The maximum absolute atomic E-state index is 11.9. The van der Waals surface area contributed by atoms with Crippen LogP contribution in [0.1, 0.15) is 24.6 Å². The highest BCUT2D eigenvalue weighted by molar-refractivity contribution is 6.07. The first-order valence-corrected chi connectivity index (χ1v) is 5.55. The van der Waals surface area contributed by atoms with Gasteiger partial charge in [-0.3, -0.25) is 14.8 Å². The highest BCUT2D eigenvalue weighted by Crippen LogP contribution is 2.37. The summed E-state index contributed by atoms with van der Waals surface area (Å²) in [5, 5.41) is 9.04. The smallest absolute Gasteiger partial charge is 0.322 e. The van der Waals surface area contributed by atoms with E-state index in [1.54, 1.807) is 16.9 Å². The first-order valence-electron chi connectivity index (χ1n) is 5.55. The van der Waals surface area contributed by atoms with Crippen LogP contribution in [0.5, 0.6) is 0 Å². The Morgan fingerprint density at radius 3 is 2.72 bits per heavy atom. The molecular formula is C10H14ClN5O2. The van der Waals surface area contributed by atoms with E-state index in [0.717, 1.165) is 12.8 Å². The maximum atomic E-state index is 11.9. The van der Waals surface area contributed by atoms with Crippen LogP contribution >= 0.6 is 12.4 Å². The number of hydrogen-bond acceptors (Lipinski definition) is 4. The van der Waals surface area contributed by atoms with Crippen molar-refractivity contribution in [3.63, 3.8) is 0 Å². The predicted octanol–water partition coefficient (Wildman–Crippen LogP) is -0.367. The molecule has 18 heavy (non-hydrogen) atoms. The number of rotatable bonds is 3. The van der Waals surface area contributed by atoms with Crippen molar-refractivity contribution in [3.8, 4) is 0 Å². The van der Waals surface area contributed by atoms with Crippen LogP contribution in [0, 0.1) is 0 Å². The van der Waals surface area contributed by atoms with Gasteiger partial charge in [0.15, 0.2) is 5.54 Å². The molecule has 3 amide bonds. The van der Waals surface area contributed by atoms with E-state index in [-0.39, 0.29) is 19.0 Å². The van der Waals surface area contributed by atoms with Gasteiger partial charge in [-0.1, -0.05) is 0 Å². The van der Waals surface area contributed by atoms with E-state index in [0.29, 0.717) is 11.7 Å². The number of carbonyl (C=O) groups is 2. The molecule has 0 bridgehead atoms. The zero-order chi connectivity index (χ0) is 12.0. The largest absolute Gasteiger partial charge is 0.327 e. The van der Waals surface area contributed by atoms with Crippen LogP contribution in [0.2, 0.25) is 0 Å². The second-order valence-corrected chi connectivity index (χ2v) is 4.41. The van der Waals surface area contributed by atoms with Crippen molar-refractivity contribution in [2.24, 2.45) is 5.73 Å². The van der Waals surface area contributed by atoms with Gasteiger partial charge in [0, 0.05) is 12.7 Å². The highest BCUT2D eigenvalue weighted by atomic mass is 35.5. The molecule has 0 aromatic carbocycles. The number of hydrogen-bond donors (Lipinski definition) is 3. The number of carbonyl (C=O) groups excluding carboxylic acids is 2. The van der Waals surface area contributed by atoms with Crippen molar-refractivity contribution in [1.82, 2.24) is 20.4 Å². The first kappa shape index (κ1) is 12.8. The number of amides is 3. The van der Waals surface area contributed by atoms with Gasteiger partial charge in [0.05, 0.1) is 11.7 Å².